The van der Waals surface area contributed by atoms with Gasteiger partial charge in [-0.3, -0.25) is 0 Å². The number of rotatable bonds is 7. The van der Waals surface area contributed by atoms with Crippen molar-refractivity contribution in [1.29, 1.82) is 0 Å². The van der Waals surface area contributed by atoms with Gasteiger partial charge in [0, 0.05) is 13.1 Å². The molecular formula is C14H19Cl2NO4. The fraction of sp³-hybridized carbons (Fsp3) is 0.571. The Labute approximate surface area is 134 Å². The minimum Gasteiger partial charge on any atom is -0.488 e. The van der Waals surface area contributed by atoms with Gasteiger partial charge in [0.05, 0.1) is 36.0 Å². The van der Waals surface area contributed by atoms with Gasteiger partial charge in [0.1, 0.15) is 12.7 Å². The molecule has 7 heteroatoms. The van der Waals surface area contributed by atoms with Crippen molar-refractivity contribution in [2.24, 2.45) is 0 Å². The molecule has 0 aromatic heterocycles. The summed E-state index contributed by atoms with van der Waals surface area (Å²) in [5, 5.41) is 13.8. The molecule has 2 N–H and O–H groups in total. The smallest absolute Gasteiger partial charge is 0.156 e. The highest BCUT2D eigenvalue weighted by molar-refractivity contribution is 6.37. The SMILES string of the molecule is OC(CNCC1COCCO1)COc1c(Cl)cccc1Cl. The topological polar surface area (TPSA) is 60.0 Å². The highest BCUT2D eigenvalue weighted by Crippen LogP contribution is 2.32. The van der Waals surface area contributed by atoms with E-state index >= 15 is 0 Å². The molecule has 1 saturated heterocycles. The van der Waals surface area contributed by atoms with Crippen LogP contribution in [-0.2, 0) is 9.47 Å². The summed E-state index contributed by atoms with van der Waals surface area (Å²) in [6.45, 7) is 2.97. The zero-order chi connectivity index (χ0) is 15.1. The van der Waals surface area contributed by atoms with Gasteiger partial charge >= 0.3 is 0 Å². The maximum atomic E-state index is 9.88. The van der Waals surface area contributed by atoms with Crippen molar-refractivity contribution >= 4 is 23.2 Å². The van der Waals surface area contributed by atoms with Gasteiger partial charge in [0.2, 0.25) is 0 Å². The van der Waals surface area contributed by atoms with Crippen molar-refractivity contribution in [3.8, 4) is 5.75 Å². The van der Waals surface area contributed by atoms with Crippen molar-refractivity contribution in [3.63, 3.8) is 0 Å². The molecule has 1 aromatic carbocycles. The Hall–Kier alpha value is -0.560. The third-order valence-corrected chi connectivity index (χ3v) is 3.57. The van der Waals surface area contributed by atoms with Crippen LogP contribution in [0.3, 0.4) is 0 Å². The molecule has 0 radical (unpaired) electrons. The van der Waals surface area contributed by atoms with Crippen molar-refractivity contribution in [1.82, 2.24) is 5.32 Å². The first kappa shape index (κ1) is 16.8. The molecule has 2 unspecified atom stereocenters. The Kier molecular flexibility index (Phi) is 7.03. The zero-order valence-electron chi connectivity index (χ0n) is 11.6. The molecule has 0 spiro atoms. The van der Waals surface area contributed by atoms with E-state index in [-0.39, 0.29) is 12.7 Å². The second-order valence-electron chi connectivity index (χ2n) is 4.74. The predicted octanol–water partition coefficient (Wildman–Crippen LogP) is 1.74. The normalized spacial score (nSPS) is 20.2. The van der Waals surface area contributed by atoms with E-state index in [1.165, 1.54) is 0 Å². The van der Waals surface area contributed by atoms with Gasteiger partial charge in [0.25, 0.3) is 0 Å². The summed E-state index contributed by atoms with van der Waals surface area (Å²) in [6, 6.07) is 5.11. The Morgan fingerprint density at radius 2 is 2.10 bits per heavy atom. The minimum absolute atomic E-state index is 0.0323. The van der Waals surface area contributed by atoms with Crippen LogP contribution in [0.4, 0.5) is 0 Å². The molecule has 2 atom stereocenters. The number of hydrogen-bond acceptors (Lipinski definition) is 5. The summed E-state index contributed by atoms with van der Waals surface area (Å²) in [7, 11) is 0. The van der Waals surface area contributed by atoms with E-state index in [1.54, 1.807) is 18.2 Å². The number of para-hydroxylation sites is 1. The third kappa shape index (κ3) is 5.62. The molecule has 1 aliphatic rings. The summed E-state index contributed by atoms with van der Waals surface area (Å²) in [5.74, 6) is 0.392. The summed E-state index contributed by atoms with van der Waals surface area (Å²) < 4.78 is 16.2. The van der Waals surface area contributed by atoms with E-state index in [0.717, 1.165) is 0 Å². The molecule has 1 fully saturated rings. The van der Waals surface area contributed by atoms with Gasteiger partial charge in [-0.25, -0.2) is 0 Å². The molecule has 1 heterocycles. The molecule has 0 amide bonds. The fourth-order valence-electron chi connectivity index (χ4n) is 1.92. The first-order valence-electron chi connectivity index (χ1n) is 6.81. The number of nitrogens with one attached hydrogen (secondary N) is 1. The van der Waals surface area contributed by atoms with Crippen molar-refractivity contribution < 1.29 is 19.3 Å². The van der Waals surface area contributed by atoms with Gasteiger partial charge < -0.3 is 24.6 Å². The van der Waals surface area contributed by atoms with Gasteiger partial charge in [0.15, 0.2) is 5.75 Å². The highest BCUT2D eigenvalue weighted by atomic mass is 35.5. The molecule has 5 nitrogen and oxygen atoms in total. The number of halogens is 2. The van der Waals surface area contributed by atoms with Crippen molar-refractivity contribution in [2.75, 3.05) is 39.5 Å². The first-order chi connectivity index (χ1) is 10.2. The summed E-state index contributed by atoms with van der Waals surface area (Å²) in [6.07, 6.45) is -0.633. The Morgan fingerprint density at radius 3 is 2.76 bits per heavy atom. The first-order valence-corrected chi connectivity index (χ1v) is 7.57. The van der Waals surface area contributed by atoms with Gasteiger partial charge in [-0.1, -0.05) is 29.3 Å². The van der Waals surface area contributed by atoms with E-state index in [2.05, 4.69) is 5.32 Å². The average Bonchev–Trinajstić information content (AvgIpc) is 2.48. The zero-order valence-corrected chi connectivity index (χ0v) is 13.1. The lowest BCUT2D eigenvalue weighted by Crippen LogP contribution is -2.41. The minimum atomic E-state index is -0.665. The van der Waals surface area contributed by atoms with Gasteiger partial charge in [-0.05, 0) is 12.1 Å². The van der Waals surface area contributed by atoms with Crippen LogP contribution in [-0.4, -0.2) is 56.8 Å². The summed E-state index contributed by atoms with van der Waals surface area (Å²) >= 11 is 12.0. The van der Waals surface area contributed by atoms with Crippen LogP contribution < -0.4 is 10.1 Å². The second-order valence-corrected chi connectivity index (χ2v) is 5.56. The van der Waals surface area contributed by atoms with Gasteiger partial charge in [-0.15, -0.1) is 0 Å². The second kappa shape index (κ2) is 8.78. The number of hydrogen-bond donors (Lipinski definition) is 2. The predicted molar refractivity (Wildman–Crippen MR) is 81.4 cm³/mol. The monoisotopic (exact) mass is 335 g/mol. The van der Waals surface area contributed by atoms with Crippen LogP contribution in [0.1, 0.15) is 0 Å². The van der Waals surface area contributed by atoms with Crippen LogP contribution >= 0.6 is 23.2 Å². The maximum absolute atomic E-state index is 9.88. The molecule has 2 rings (SSSR count). The molecular weight excluding hydrogens is 317 g/mol. The number of aliphatic hydroxyl groups is 1. The number of ether oxygens (including phenoxy) is 3. The van der Waals surface area contributed by atoms with Gasteiger partial charge in [-0.2, -0.15) is 0 Å². The van der Waals surface area contributed by atoms with Crippen LogP contribution in [0.5, 0.6) is 5.75 Å². The summed E-state index contributed by atoms with van der Waals surface area (Å²) in [4.78, 5) is 0. The van der Waals surface area contributed by atoms with E-state index in [9.17, 15) is 5.11 Å². The van der Waals surface area contributed by atoms with E-state index in [4.69, 9.17) is 37.4 Å². The van der Waals surface area contributed by atoms with E-state index < -0.39 is 6.10 Å². The highest BCUT2D eigenvalue weighted by Gasteiger charge is 2.15. The van der Waals surface area contributed by atoms with Crippen molar-refractivity contribution in [2.45, 2.75) is 12.2 Å². The Bertz CT molecular complexity index is 421. The maximum Gasteiger partial charge on any atom is 0.156 e. The fourth-order valence-corrected chi connectivity index (χ4v) is 2.43. The summed E-state index contributed by atoms with van der Waals surface area (Å²) in [5.41, 5.74) is 0. The Balaban J connectivity index is 1.66. The molecule has 0 saturated carbocycles. The lowest BCUT2D eigenvalue weighted by Gasteiger charge is -2.23. The van der Waals surface area contributed by atoms with E-state index in [1.807, 2.05) is 0 Å². The van der Waals surface area contributed by atoms with Crippen LogP contribution in [0.2, 0.25) is 10.0 Å². The molecule has 1 aliphatic heterocycles. The van der Waals surface area contributed by atoms with E-state index in [0.29, 0.717) is 48.7 Å². The number of benzene rings is 1. The molecule has 21 heavy (non-hydrogen) atoms. The average molecular weight is 336 g/mol. The van der Waals surface area contributed by atoms with Crippen LogP contribution in [0.25, 0.3) is 0 Å². The van der Waals surface area contributed by atoms with Crippen LogP contribution in [0, 0.1) is 0 Å². The van der Waals surface area contributed by atoms with Crippen molar-refractivity contribution in [3.05, 3.63) is 28.2 Å². The third-order valence-electron chi connectivity index (χ3n) is 2.98. The molecule has 118 valence electrons. The lowest BCUT2D eigenvalue weighted by atomic mass is 10.3. The largest absolute Gasteiger partial charge is 0.488 e. The Morgan fingerprint density at radius 1 is 1.33 bits per heavy atom. The standard InChI is InChI=1S/C14H19Cl2NO4/c15-12-2-1-3-13(16)14(12)21-8-10(18)6-17-7-11-9-19-4-5-20-11/h1-3,10-11,17-18H,4-9H2. The molecule has 1 aromatic rings. The number of aliphatic hydroxyl groups excluding tert-OH is 1. The van der Waals surface area contributed by atoms with Crippen LogP contribution in [0.15, 0.2) is 18.2 Å². The lowest BCUT2D eigenvalue weighted by molar-refractivity contribution is -0.0869. The molecule has 0 bridgehead atoms. The molecule has 0 aliphatic carbocycles. The quantitative estimate of drug-likeness (QED) is 0.794.